The summed E-state index contributed by atoms with van der Waals surface area (Å²) in [6.07, 6.45) is 16.6. The summed E-state index contributed by atoms with van der Waals surface area (Å²) in [5.41, 5.74) is 5.00. The van der Waals surface area contributed by atoms with Gasteiger partial charge in [-0.05, 0) is 61.1 Å². The number of fused-ring (bicyclic) bond motifs is 2. The van der Waals surface area contributed by atoms with Gasteiger partial charge in [-0.2, -0.15) is 0 Å². The number of rotatable bonds is 13. The van der Waals surface area contributed by atoms with E-state index < -0.39 is 0 Å². The standard InChI is InChI=1S/C30H36N2S2/c1-3-5-7-9-11-23-13-15-25-27(21-23)31-19-17-29(25)33-34-30-18-20-32-28-22-24(14-16-26(28)30)12-10-8-6-4-2/h13-22H,3-12H2,1-2H3. The lowest BCUT2D eigenvalue weighted by Gasteiger charge is -2.09. The number of pyridine rings is 2. The molecule has 0 saturated heterocycles. The molecule has 4 heteroatoms. The molecule has 0 bridgehead atoms. The highest BCUT2D eigenvalue weighted by atomic mass is 33.1. The smallest absolute Gasteiger partial charge is 0.0716 e. The zero-order chi connectivity index (χ0) is 23.6. The predicted octanol–water partition coefficient (Wildman–Crippen LogP) is 9.83. The zero-order valence-corrected chi connectivity index (χ0v) is 22.2. The molecule has 4 aromatic rings. The van der Waals surface area contributed by atoms with Gasteiger partial charge in [0.15, 0.2) is 0 Å². The molecule has 0 N–H and O–H groups in total. The zero-order valence-electron chi connectivity index (χ0n) is 20.6. The first-order valence-electron chi connectivity index (χ1n) is 12.9. The molecule has 2 heterocycles. The van der Waals surface area contributed by atoms with Gasteiger partial charge < -0.3 is 0 Å². The Labute approximate surface area is 212 Å². The van der Waals surface area contributed by atoms with Crippen LogP contribution in [0.4, 0.5) is 0 Å². The van der Waals surface area contributed by atoms with Crippen LogP contribution in [0.5, 0.6) is 0 Å². The molecule has 0 radical (unpaired) electrons. The van der Waals surface area contributed by atoms with E-state index in [0.717, 1.165) is 23.9 Å². The van der Waals surface area contributed by atoms with Crippen LogP contribution in [0, 0.1) is 0 Å². The Morgan fingerprint density at radius 3 is 1.47 bits per heavy atom. The highest BCUT2D eigenvalue weighted by molar-refractivity contribution is 8.76. The van der Waals surface area contributed by atoms with Crippen LogP contribution in [0.15, 0.2) is 70.7 Å². The molecule has 0 aliphatic rings. The van der Waals surface area contributed by atoms with Crippen LogP contribution in [0.25, 0.3) is 21.8 Å². The number of hydrogen-bond acceptors (Lipinski definition) is 4. The van der Waals surface area contributed by atoms with Crippen LogP contribution in [0.3, 0.4) is 0 Å². The molecule has 0 amide bonds. The summed E-state index contributed by atoms with van der Waals surface area (Å²) in [4.78, 5) is 11.9. The maximum Gasteiger partial charge on any atom is 0.0716 e. The first kappa shape index (κ1) is 25.1. The second kappa shape index (κ2) is 13.2. The van der Waals surface area contributed by atoms with Crippen LogP contribution in [0.2, 0.25) is 0 Å². The third-order valence-electron chi connectivity index (χ3n) is 6.39. The van der Waals surface area contributed by atoms with E-state index in [9.17, 15) is 0 Å². The Bertz CT molecular complexity index is 1110. The molecule has 2 aromatic carbocycles. The molecular weight excluding hydrogens is 452 g/mol. The van der Waals surface area contributed by atoms with Crippen LogP contribution >= 0.6 is 21.6 Å². The summed E-state index contributed by atoms with van der Waals surface area (Å²) in [5, 5.41) is 2.48. The molecular formula is C30H36N2S2. The summed E-state index contributed by atoms with van der Waals surface area (Å²) < 4.78 is 0. The van der Waals surface area contributed by atoms with Crippen LogP contribution in [-0.4, -0.2) is 9.97 Å². The number of aryl methyl sites for hydroxylation is 2. The second-order valence-corrected chi connectivity index (χ2v) is 11.3. The average Bonchev–Trinajstić information content (AvgIpc) is 2.87. The van der Waals surface area contributed by atoms with Gasteiger partial charge in [0.25, 0.3) is 0 Å². The highest BCUT2D eigenvalue weighted by Crippen LogP contribution is 2.42. The normalized spacial score (nSPS) is 11.5. The van der Waals surface area contributed by atoms with Gasteiger partial charge >= 0.3 is 0 Å². The molecule has 0 unspecified atom stereocenters. The molecule has 34 heavy (non-hydrogen) atoms. The SMILES string of the molecule is CCCCCCc1ccc2c(SSc3ccnc4cc(CCCCCC)ccc34)ccnc2c1. The lowest BCUT2D eigenvalue weighted by Crippen LogP contribution is -1.89. The van der Waals surface area contributed by atoms with Crippen molar-refractivity contribution in [1.29, 1.82) is 0 Å². The fourth-order valence-corrected chi connectivity index (χ4v) is 6.74. The van der Waals surface area contributed by atoms with E-state index in [1.165, 1.54) is 83.1 Å². The van der Waals surface area contributed by atoms with Gasteiger partial charge in [0, 0.05) is 33.0 Å². The topological polar surface area (TPSA) is 25.8 Å². The largest absolute Gasteiger partial charge is 0.256 e. The lowest BCUT2D eigenvalue weighted by molar-refractivity contribution is 0.667. The van der Waals surface area contributed by atoms with Gasteiger partial charge in [0.1, 0.15) is 0 Å². The Balaban J connectivity index is 1.45. The van der Waals surface area contributed by atoms with Crippen molar-refractivity contribution in [3.05, 3.63) is 72.1 Å². The van der Waals surface area contributed by atoms with Crippen molar-refractivity contribution in [2.75, 3.05) is 0 Å². The second-order valence-electron chi connectivity index (χ2n) is 9.11. The van der Waals surface area contributed by atoms with E-state index in [1.54, 1.807) is 0 Å². The fourth-order valence-electron chi connectivity index (χ4n) is 4.39. The number of hydrogen-bond donors (Lipinski definition) is 0. The van der Waals surface area contributed by atoms with Crippen molar-refractivity contribution in [2.24, 2.45) is 0 Å². The van der Waals surface area contributed by atoms with E-state index in [1.807, 2.05) is 34.0 Å². The summed E-state index contributed by atoms with van der Waals surface area (Å²) in [5.74, 6) is 0. The quantitative estimate of drug-likeness (QED) is 0.138. The van der Waals surface area contributed by atoms with Crippen LogP contribution in [-0.2, 0) is 12.8 Å². The number of nitrogens with zero attached hydrogens (tertiary/aromatic N) is 2. The van der Waals surface area contributed by atoms with Crippen molar-refractivity contribution in [3.8, 4) is 0 Å². The van der Waals surface area contributed by atoms with E-state index in [2.05, 4.69) is 72.3 Å². The van der Waals surface area contributed by atoms with Crippen molar-refractivity contribution in [2.45, 2.75) is 87.8 Å². The van der Waals surface area contributed by atoms with E-state index in [4.69, 9.17) is 0 Å². The van der Waals surface area contributed by atoms with E-state index >= 15 is 0 Å². The minimum atomic E-state index is 1.10. The molecule has 0 atom stereocenters. The first-order chi connectivity index (χ1) is 16.8. The number of unbranched alkanes of at least 4 members (excludes halogenated alkanes) is 6. The van der Waals surface area contributed by atoms with Crippen LogP contribution < -0.4 is 0 Å². The summed E-state index contributed by atoms with van der Waals surface area (Å²) >= 11 is 0. The number of aromatic nitrogens is 2. The summed E-state index contributed by atoms with van der Waals surface area (Å²) in [7, 11) is 3.64. The summed E-state index contributed by atoms with van der Waals surface area (Å²) in [6, 6.07) is 17.9. The van der Waals surface area contributed by atoms with Crippen molar-refractivity contribution < 1.29 is 0 Å². The van der Waals surface area contributed by atoms with Gasteiger partial charge in [-0.1, -0.05) is 98.2 Å². The maximum absolute atomic E-state index is 4.66. The van der Waals surface area contributed by atoms with E-state index in [0.29, 0.717) is 0 Å². The third-order valence-corrected chi connectivity index (χ3v) is 8.88. The maximum atomic E-state index is 4.66. The Hall–Kier alpha value is -2.04. The molecule has 178 valence electrons. The molecule has 2 nitrogen and oxygen atoms in total. The van der Waals surface area contributed by atoms with E-state index in [-0.39, 0.29) is 0 Å². The number of benzene rings is 2. The van der Waals surface area contributed by atoms with Gasteiger partial charge in [-0.3, -0.25) is 9.97 Å². The first-order valence-corrected chi connectivity index (χ1v) is 15.0. The molecule has 0 saturated carbocycles. The van der Waals surface area contributed by atoms with Gasteiger partial charge in [-0.15, -0.1) is 0 Å². The Morgan fingerprint density at radius 1 is 0.559 bits per heavy atom. The highest BCUT2D eigenvalue weighted by Gasteiger charge is 2.09. The van der Waals surface area contributed by atoms with Crippen molar-refractivity contribution in [1.82, 2.24) is 9.97 Å². The Morgan fingerprint density at radius 2 is 1.03 bits per heavy atom. The monoisotopic (exact) mass is 488 g/mol. The summed E-state index contributed by atoms with van der Waals surface area (Å²) in [6.45, 7) is 4.53. The van der Waals surface area contributed by atoms with Gasteiger partial charge in [0.2, 0.25) is 0 Å². The molecule has 0 aliphatic heterocycles. The van der Waals surface area contributed by atoms with Gasteiger partial charge in [0.05, 0.1) is 11.0 Å². The molecule has 0 fully saturated rings. The van der Waals surface area contributed by atoms with Gasteiger partial charge in [-0.25, -0.2) is 0 Å². The van der Waals surface area contributed by atoms with Crippen LogP contribution in [0.1, 0.15) is 76.3 Å². The molecule has 4 rings (SSSR count). The average molecular weight is 489 g/mol. The molecule has 0 aliphatic carbocycles. The minimum absolute atomic E-state index is 1.10. The predicted molar refractivity (Wildman–Crippen MR) is 151 cm³/mol. The molecule has 2 aromatic heterocycles. The molecule has 0 spiro atoms. The fraction of sp³-hybridized carbons (Fsp3) is 0.400. The third kappa shape index (κ3) is 6.76. The Kier molecular flexibility index (Phi) is 9.70. The van der Waals surface area contributed by atoms with Crippen molar-refractivity contribution in [3.63, 3.8) is 0 Å². The lowest BCUT2D eigenvalue weighted by atomic mass is 10.0. The minimum Gasteiger partial charge on any atom is -0.256 e. The van der Waals surface area contributed by atoms with Crippen molar-refractivity contribution >= 4 is 43.4 Å².